The Labute approximate surface area is 100 Å². The zero-order valence-corrected chi connectivity index (χ0v) is 8.49. The maximum Gasteiger partial charge on any atom is 0.460 e. The Bertz CT molecular complexity index is 381. The van der Waals surface area contributed by atoms with Crippen molar-refractivity contribution in [2.75, 3.05) is 0 Å². The van der Waals surface area contributed by atoms with E-state index in [-0.39, 0.29) is 0 Å². The first-order chi connectivity index (χ1) is 8.38. The number of rotatable bonds is 3. The molecule has 0 amide bonds. The molecule has 0 heterocycles. The van der Waals surface area contributed by atoms with Crippen molar-refractivity contribution >= 4 is 0 Å². The fraction of sp³-hybridized carbons (Fsp3) is 0.714. The molecule has 0 radical (unpaired) electrons. The van der Waals surface area contributed by atoms with Crippen LogP contribution in [0, 0.1) is 0 Å². The quantitative estimate of drug-likeness (QED) is 0.647. The molecule has 0 atom stereocenters. The van der Waals surface area contributed by atoms with Crippen molar-refractivity contribution < 1.29 is 57.1 Å². The molecule has 0 saturated heterocycles. The Morgan fingerprint density at radius 3 is 1.20 bits per heavy atom. The Balaban J connectivity index is 5.89. The van der Waals surface area contributed by atoms with Gasteiger partial charge in [-0.3, -0.25) is 0 Å². The minimum absolute atomic E-state index is 2.15. The fourth-order valence-electron chi connectivity index (χ4n) is 0.759. The second kappa shape index (κ2) is 4.69. The van der Waals surface area contributed by atoms with Gasteiger partial charge in [0, 0.05) is 0 Å². The molecule has 0 aliphatic carbocycles. The SMILES string of the molecule is FC(=CC(F)(F)F)C(F)(F)C(F)(F)C(F)(F)C(F)(F)F. The van der Waals surface area contributed by atoms with E-state index in [1.54, 1.807) is 0 Å². The van der Waals surface area contributed by atoms with Gasteiger partial charge in [-0.1, -0.05) is 0 Å². The van der Waals surface area contributed by atoms with Gasteiger partial charge >= 0.3 is 30.1 Å². The lowest BCUT2D eigenvalue weighted by Crippen LogP contribution is -2.61. The molecular weight excluding hydrogens is 331 g/mol. The molecule has 0 saturated carbocycles. The number of allylic oxidation sites excluding steroid dienone is 2. The van der Waals surface area contributed by atoms with Crippen LogP contribution in [0.15, 0.2) is 11.9 Å². The molecule has 0 aromatic carbocycles. The monoisotopic (exact) mass is 332 g/mol. The summed E-state index contributed by atoms with van der Waals surface area (Å²) >= 11 is 0. The summed E-state index contributed by atoms with van der Waals surface area (Å²) in [5.41, 5.74) is 0. The minimum atomic E-state index is -7.47. The van der Waals surface area contributed by atoms with Crippen LogP contribution in [0.4, 0.5) is 57.1 Å². The molecule has 120 valence electrons. The summed E-state index contributed by atoms with van der Waals surface area (Å²) in [5.74, 6) is -26.1. The molecule has 0 rings (SSSR count). The second-order valence-electron chi connectivity index (χ2n) is 3.25. The van der Waals surface area contributed by atoms with Gasteiger partial charge in [-0.2, -0.15) is 52.7 Å². The van der Waals surface area contributed by atoms with Crippen molar-refractivity contribution in [1.29, 1.82) is 0 Å². The van der Waals surface area contributed by atoms with Crippen molar-refractivity contribution in [1.82, 2.24) is 0 Å². The molecule has 0 bridgehead atoms. The van der Waals surface area contributed by atoms with E-state index in [1.807, 2.05) is 0 Å². The van der Waals surface area contributed by atoms with E-state index in [0.717, 1.165) is 0 Å². The highest BCUT2D eigenvalue weighted by atomic mass is 19.4. The lowest BCUT2D eigenvalue weighted by atomic mass is 10.0. The molecule has 13 heteroatoms. The van der Waals surface area contributed by atoms with E-state index in [4.69, 9.17) is 0 Å². The highest BCUT2D eigenvalue weighted by Gasteiger charge is 2.83. The Hall–Kier alpha value is -1.17. The second-order valence-corrected chi connectivity index (χ2v) is 3.25. The van der Waals surface area contributed by atoms with Gasteiger partial charge in [0.05, 0.1) is 6.08 Å². The molecule has 20 heavy (non-hydrogen) atoms. The molecule has 0 aromatic rings. The number of alkyl halides is 12. The van der Waals surface area contributed by atoms with Crippen molar-refractivity contribution in [3.05, 3.63) is 11.9 Å². The molecule has 0 aromatic heterocycles. The number of hydrogen-bond acceptors (Lipinski definition) is 0. The highest BCUT2D eigenvalue weighted by molar-refractivity contribution is 5.16. The van der Waals surface area contributed by atoms with Gasteiger partial charge in [0.2, 0.25) is 0 Å². The molecule has 0 spiro atoms. The predicted molar refractivity (Wildman–Crippen MR) is 36.1 cm³/mol. The van der Waals surface area contributed by atoms with E-state index in [1.165, 1.54) is 0 Å². The van der Waals surface area contributed by atoms with E-state index in [2.05, 4.69) is 0 Å². The number of hydrogen-bond donors (Lipinski definition) is 0. The highest BCUT2D eigenvalue weighted by Crippen LogP contribution is 2.55. The summed E-state index contributed by atoms with van der Waals surface area (Å²) in [4.78, 5) is 0. The summed E-state index contributed by atoms with van der Waals surface area (Å²) in [5, 5.41) is 0. The summed E-state index contributed by atoms with van der Waals surface area (Å²) in [6.45, 7) is 0. The first-order valence-electron chi connectivity index (χ1n) is 4.03. The maximum absolute atomic E-state index is 12.5. The van der Waals surface area contributed by atoms with Gasteiger partial charge in [0.25, 0.3) is 0 Å². The summed E-state index contributed by atoms with van der Waals surface area (Å²) in [6, 6.07) is 0. The smallest absolute Gasteiger partial charge is 0.205 e. The van der Waals surface area contributed by atoms with Crippen LogP contribution in [-0.2, 0) is 0 Å². The Morgan fingerprint density at radius 1 is 0.600 bits per heavy atom. The largest absolute Gasteiger partial charge is 0.460 e. The van der Waals surface area contributed by atoms with E-state index < -0.39 is 42.0 Å². The standard InChI is InChI=1S/C7HF13/c8-2(1-3(9,10)11)4(12,13)5(14,15)6(16,17)7(18,19)20/h1H. The van der Waals surface area contributed by atoms with E-state index in [9.17, 15) is 57.1 Å². The summed E-state index contributed by atoms with van der Waals surface area (Å²) in [7, 11) is 0. The summed E-state index contributed by atoms with van der Waals surface area (Å²) < 4.78 is 155. The van der Waals surface area contributed by atoms with Crippen molar-refractivity contribution in [3.8, 4) is 0 Å². The maximum atomic E-state index is 12.5. The van der Waals surface area contributed by atoms with Crippen LogP contribution >= 0.6 is 0 Å². The third-order valence-corrected chi connectivity index (χ3v) is 1.74. The lowest BCUT2D eigenvalue weighted by molar-refractivity contribution is -0.391. The molecule has 0 nitrogen and oxygen atoms in total. The molecular formula is C7HF13. The third kappa shape index (κ3) is 3.11. The van der Waals surface area contributed by atoms with Crippen LogP contribution in [0.25, 0.3) is 0 Å². The van der Waals surface area contributed by atoms with Gasteiger partial charge in [-0.25, -0.2) is 4.39 Å². The molecule has 0 aliphatic heterocycles. The van der Waals surface area contributed by atoms with Crippen LogP contribution in [0.5, 0.6) is 0 Å². The van der Waals surface area contributed by atoms with Crippen LogP contribution < -0.4 is 0 Å². The molecule has 0 N–H and O–H groups in total. The molecule has 0 fully saturated rings. The lowest BCUT2D eigenvalue weighted by Gasteiger charge is -2.32. The third-order valence-electron chi connectivity index (χ3n) is 1.74. The molecule has 0 unspecified atom stereocenters. The van der Waals surface area contributed by atoms with Crippen LogP contribution in [0.2, 0.25) is 0 Å². The minimum Gasteiger partial charge on any atom is -0.205 e. The number of halogens is 13. The van der Waals surface area contributed by atoms with Gasteiger partial charge in [-0.05, 0) is 0 Å². The zero-order chi connectivity index (χ0) is 16.8. The van der Waals surface area contributed by atoms with Crippen molar-refractivity contribution in [3.63, 3.8) is 0 Å². The zero-order valence-electron chi connectivity index (χ0n) is 8.49. The Kier molecular flexibility index (Phi) is 4.41. The Morgan fingerprint density at radius 2 is 0.950 bits per heavy atom. The first kappa shape index (κ1) is 18.8. The van der Waals surface area contributed by atoms with Crippen LogP contribution in [0.1, 0.15) is 0 Å². The average Bonchev–Trinajstić information content (AvgIpc) is 2.12. The van der Waals surface area contributed by atoms with Gasteiger partial charge in [0.15, 0.2) is 5.83 Å². The average molecular weight is 332 g/mol. The van der Waals surface area contributed by atoms with Crippen LogP contribution in [-0.4, -0.2) is 30.1 Å². The van der Waals surface area contributed by atoms with Crippen LogP contribution in [0.3, 0.4) is 0 Å². The topological polar surface area (TPSA) is 0 Å². The first-order valence-corrected chi connectivity index (χ1v) is 4.03. The normalized spacial score (nSPS) is 16.6. The molecule has 0 aliphatic rings. The van der Waals surface area contributed by atoms with Gasteiger partial charge in [0.1, 0.15) is 0 Å². The summed E-state index contributed by atoms with van der Waals surface area (Å²) in [6.07, 6.45) is -15.4. The van der Waals surface area contributed by atoms with Gasteiger partial charge < -0.3 is 0 Å². The predicted octanol–water partition coefficient (Wildman–Crippen LogP) is 4.87. The fourth-order valence-corrected chi connectivity index (χ4v) is 0.759. The van der Waals surface area contributed by atoms with Gasteiger partial charge in [-0.15, -0.1) is 0 Å². The van der Waals surface area contributed by atoms with Crippen molar-refractivity contribution in [2.24, 2.45) is 0 Å². The van der Waals surface area contributed by atoms with E-state index >= 15 is 0 Å². The van der Waals surface area contributed by atoms with Crippen molar-refractivity contribution in [2.45, 2.75) is 30.1 Å². The van der Waals surface area contributed by atoms with E-state index in [0.29, 0.717) is 0 Å².